The van der Waals surface area contributed by atoms with Gasteiger partial charge in [-0.2, -0.15) is 0 Å². The minimum atomic E-state index is -0.707. The highest BCUT2D eigenvalue weighted by Gasteiger charge is 2.19. The minimum Gasteiger partial charge on any atom is -0.465 e. The van der Waals surface area contributed by atoms with E-state index in [2.05, 4.69) is 23.3 Å². The Labute approximate surface area is 113 Å². The summed E-state index contributed by atoms with van der Waals surface area (Å²) in [6, 6.07) is 7.62. The number of rotatable bonds is 4. The Morgan fingerprint density at radius 3 is 2.16 bits per heavy atom. The molecule has 1 aromatic rings. The molecule has 1 aromatic carbocycles. The molecule has 0 aliphatic carbocycles. The average molecular weight is 262 g/mol. The van der Waals surface area contributed by atoms with Gasteiger partial charge in [0.05, 0.1) is 14.2 Å². The molecular weight excluding hydrogens is 244 g/mol. The van der Waals surface area contributed by atoms with E-state index in [-0.39, 0.29) is 5.57 Å². The van der Waals surface area contributed by atoms with Crippen LogP contribution in [0.5, 0.6) is 0 Å². The Morgan fingerprint density at radius 2 is 1.68 bits per heavy atom. The van der Waals surface area contributed by atoms with Crippen molar-refractivity contribution in [2.75, 3.05) is 14.2 Å². The van der Waals surface area contributed by atoms with Gasteiger partial charge in [0.25, 0.3) is 0 Å². The summed E-state index contributed by atoms with van der Waals surface area (Å²) >= 11 is 0. The molecule has 0 bridgehead atoms. The summed E-state index contributed by atoms with van der Waals surface area (Å²) in [6.07, 6.45) is 1.48. The van der Waals surface area contributed by atoms with Crippen LogP contribution in [-0.4, -0.2) is 26.2 Å². The predicted molar refractivity (Wildman–Crippen MR) is 72.5 cm³/mol. The largest absolute Gasteiger partial charge is 0.465 e. The first-order valence-electron chi connectivity index (χ1n) is 5.98. The van der Waals surface area contributed by atoms with Crippen LogP contribution in [0.4, 0.5) is 0 Å². The van der Waals surface area contributed by atoms with Crippen molar-refractivity contribution in [2.45, 2.75) is 19.8 Å². The Morgan fingerprint density at radius 1 is 1.11 bits per heavy atom. The summed E-state index contributed by atoms with van der Waals surface area (Å²) in [5, 5.41) is 0. The van der Waals surface area contributed by atoms with Gasteiger partial charge in [-0.25, -0.2) is 9.59 Å². The predicted octanol–water partition coefficient (Wildman–Crippen LogP) is 2.54. The van der Waals surface area contributed by atoms with Gasteiger partial charge in [0.2, 0.25) is 0 Å². The molecule has 0 unspecified atom stereocenters. The van der Waals surface area contributed by atoms with Gasteiger partial charge < -0.3 is 9.47 Å². The SMILES string of the molecule is COC(=O)C(=Cc1cccc(C(C)C)c1)C(=O)OC. The zero-order valence-corrected chi connectivity index (χ0v) is 11.6. The summed E-state index contributed by atoms with van der Waals surface area (Å²) in [7, 11) is 2.45. The van der Waals surface area contributed by atoms with Gasteiger partial charge in [0, 0.05) is 0 Å². The molecule has 0 atom stereocenters. The molecule has 0 N–H and O–H groups in total. The van der Waals surface area contributed by atoms with Crippen LogP contribution in [0.1, 0.15) is 30.9 Å². The normalized spacial score (nSPS) is 9.95. The van der Waals surface area contributed by atoms with E-state index in [1.54, 1.807) is 0 Å². The lowest BCUT2D eigenvalue weighted by Gasteiger charge is -2.07. The highest BCUT2D eigenvalue weighted by atomic mass is 16.5. The summed E-state index contributed by atoms with van der Waals surface area (Å²) in [4.78, 5) is 23.1. The molecule has 0 spiro atoms. The van der Waals surface area contributed by atoms with Crippen LogP contribution < -0.4 is 0 Å². The Hall–Kier alpha value is -2.10. The van der Waals surface area contributed by atoms with Crippen LogP contribution in [0.3, 0.4) is 0 Å². The number of esters is 2. The molecule has 0 aromatic heterocycles. The second-order valence-electron chi connectivity index (χ2n) is 4.37. The number of ether oxygens (including phenoxy) is 2. The van der Waals surface area contributed by atoms with E-state index >= 15 is 0 Å². The van der Waals surface area contributed by atoms with Gasteiger partial charge in [-0.15, -0.1) is 0 Å². The van der Waals surface area contributed by atoms with E-state index in [1.807, 2.05) is 24.3 Å². The Balaban J connectivity index is 3.18. The standard InChI is InChI=1S/C15H18O4/c1-10(2)12-7-5-6-11(8-12)9-13(14(16)18-3)15(17)19-4/h5-10H,1-4H3. The third-order valence-corrected chi connectivity index (χ3v) is 2.70. The number of carbonyl (C=O) groups is 2. The fourth-order valence-corrected chi connectivity index (χ4v) is 1.60. The van der Waals surface area contributed by atoms with Crippen LogP contribution in [0, 0.1) is 0 Å². The first kappa shape index (κ1) is 15.0. The van der Waals surface area contributed by atoms with Gasteiger partial charge >= 0.3 is 11.9 Å². The van der Waals surface area contributed by atoms with E-state index in [9.17, 15) is 9.59 Å². The zero-order valence-electron chi connectivity index (χ0n) is 11.6. The lowest BCUT2D eigenvalue weighted by molar-refractivity contribution is -0.143. The topological polar surface area (TPSA) is 52.6 Å². The van der Waals surface area contributed by atoms with E-state index in [1.165, 1.54) is 20.3 Å². The highest BCUT2D eigenvalue weighted by molar-refractivity contribution is 6.17. The summed E-state index contributed by atoms with van der Waals surface area (Å²) < 4.78 is 9.15. The Kier molecular flexibility index (Phi) is 5.30. The van der Waals surface area contributed by atoms with E-state index in [0.717, 1.165) is 11.1 Å². The van der Waals surface area contributed by atoms with Gasteiger partial charge in [-0.1, -0.05) is 38.1 Å². The van der Waals surface area contributed by atoms with Gasteiger partial charge in [-0.05, 0) is 23.1 Å². The van der Waals surface area contributed by atoms with Crippen LogP contribution in [0.25, 0.3) is 6.08 Å². The fourth-order valence-electron chi connectivity index (χ4n) is 1.60. The van der Waals surface area contributed by atoms with Gasteiger partial charge in [0.15, 0.2) is 0 Å². The quantitative estimate of drug-likeness (QED) is 0.362. The summed E-state index contributed by atoms with van der Waals surface area (Å²) in [5.41, 5.74) is 1.77. The molecule has 0 aliphatic rings. The second kappa shape index (κ2) is 6.73. The summed E-state index contributed by atoms with van der Waals surface area (Å²) in [6.45, 7) is 4.15. The second-order valence-corrected chi connectivity index (χ2v) is 4.37. The lowest BCUT2D eigenvalue weighted by Crippen LogP contribution is -2.15. The molecule has 4 heteroatoms. The molecular formula is C15H18O4. The molecule has 0 aliphatic heterocycles. The molecule has 19 heavy (non-hydrogen) atoms. The number of hydrogen-bond donors (Lipinski definition) is 0. The smallest absolute Gasteiger partial charge is 0.345 e. The van der Waals surface area contributed by atoms with Crippen LogP contribution in [0.2, 0.25) is 0 Å². The van der Waals surface area contributed by atoms with Gasteiger partial charge in [-0.3, -0.25) is 0 Å². The number of methoxy groups -OCH3 is 2. The highest BCUT2D eigenvalue weighted by Crippen LogP contribution is 2.18. The maximum Gasteiger partial charge on any atom is 0.345 e. The van der Waals surface area contributed by atoms with E-state index < -0.39 is 11.9 Å². The van der Waals surface area contributed by atoms with Crippen molar-refractivity contribution in [1.82, 2.24) is 0 Å². The third-order valence-electron chi connectivity index (χ3n) is 2.70. The van der Waals surface area contributed by atoms with Crippen LogP contribution in [0.15, 0.2) is 29.8 Å². The van der Waals surface area contributed by atoms with Crippen molar-refractivity contribution < 1.29 is 19.1 Å². The first-order valence-corrected chi connectivity index (χ1v) is 5.98. The molecule has 4 nitrogen and oxygen atoms in total. The van der Waals surface area contributed by atoms with Crippen molar-refractivity contribution in [1.29, 1.82) is 0 Å². The number of hydrogen-bond acceptors (Lipinski definition) is 4. The molecule has 1 rings (SSSR count). The van der Waals surface area contributed by atoms with Crippen LogP contribution >= 0.6 is 0 Å². The van der Waals surface area contributed by atoms with E-state index in [0.29, 0.717) is 5.92 Å². The zero-order chi connectivity index (χ0) is 14.4. The van der Waals surface area contributed by atoms with E-state index in [4.69, 9.17) is 0 Å². The maximum atomic E-state index is 11.5. The molecule has 0 fully saturated rings. The molecule has 0 amide bonds. The lowest BCUT2D eigenvalue weighted by atomic mass is 10.00. The average Bonchev–Trinajstić information content (AvgIpc) is 2.43. The van der Waals surface area contributed by atoms with Crippen molar-refractivity contribution >= 4 is 18.0 Å². The van der Waals surface area contributed by atoms with Crippen molar-refractivity contribution in [2.24, 2.45) is 0 Å². The molecule has 102 valence electrons. The van der Waals surface area contributed by atoms with Crippen molar-refractivity contribution in [3.05, 3.63) is 41.0 Å². The molecule has 0 saturated heterocycles. The molecule has 0 radical (unpaired) electrons. The summed E-state index contributed by atoms with van der Waals surface area (Å²) in [5.74, 6) is -1.04. The molecule has 0 heterocycles. The minimum absolute atomic E-state index is 0.120. The first-order chi connectivity index (χ1) is 8.99. The van der Waals surface area contributed by atoms with Gasteiger partial charge in [0.1, 0.15) is 5.57 Å². The fraction of sp³-hybridized carbons (Fsp3) is 0.333. The van der Waals surface area contributed by atoms with Crippen molar-refractivity contribution in [3.8, 4) is 0 Å². The maximum absolute atomic E-state index is 11.5. The Bertz CT molecular complexity index is 483. The number of benzene rings is 1. The third kappa shape index (κ3) is 3.95. The monoisotopic (exact) mass is 262 g/mol. The molecule has 0 saturated carbocycles. The van der Waals surface area contributed by atoms with Crippen molar-refractivity contribution in [3.63, 3.8) is 0 Å². The van der Waals surface area contributed by atoms with Crippen LogP contribution in [-0.2, 0) is 19.1 Å². The number of carbonyl (C=O) groups excluding carboxylic acids is 2.